The van der Waals surface area contributed by atoms with Gasteiger partial charge in [0, 0.05) is 5.56 Å². The van der Waals surface area contributed by atoms with Crippen LogP contribution in [-0.4, -0.2) is 17.0 Å². The van der Waals surface area contributed by atoms with Gasteiger partial charge in [0.2, 0.25) is 0 Å². The van der Waals surface area contributed by atoms with Crippen LogP contribution in [-0.2, 0) is 11.4 Å². The zero-order valence-corrected chi connectivity index (χ0v) is 15.9. The predicted molar refractivity (Wildman–Crippen MR) is 113 cm³/mol. The second-order valence-electron chi connectivity index (χ2n) is 6.29. The third-order valence-electron chi connectivity index (χ3n) is 4.23. The summed E-state index contributed by atoms with van der Waals surface area (Å²) in [6, 6.07) is 24.5. The fourth-order valence-electron chi connectivity index (χ4n) is 2.74. The molecule has 6 nitrogen and oxygen atoms in total. The lowest BCUT2D eigenvalue weighted by Crippen LogP contribution is -2.16. The lowest BCUT2D eigenvalue weighted by Gasteiger charge is -2.10. The maximum atomic E-state index is 12.6. The minimum absolute atomic E-state index is 0.0604. The van der Waals surface area contributed by atoms with Crippen LogP contribution in [0.5, 0.6) is 5.75 Å². The van der Waals surface area contributed by atoms with Crippen molar-refractivity contribution in [3.8, 4) is 11.8 Å². The maximum absolute atomic E-state index is 12.6. The number of nitrogens with one attached hydrogen (secondary N) is 1. The van der Waals surface area contributed by atoms with Gasteiger partial charge < -0.3 is 15.2 Å². The van der Waals surface area contributed by atoms with E-state index < -0.39 is 11.9 Å². The van der Waals surface area contributed by atoms with Crippen LogP contribution in [0.3, 0.4) is 0 Å². The van der Waals surface area contributed by atoms with E-state index in [0.717, 1.165) is 5.56 Å². The van der Waals surface area contributed by atoms with E-state index in [4.69, 9.17) is 4.74 Å². The standard InChI is InChI=1S/C24H18N2O4/c25-15-19(23(27)26-21-12-6-5-11-20(21)24(28)29)14-18-10-4-7-13-22(18)30-16-17-8-2-1-3-9-17/h1-14H,16H2,(H,26,27)(H,28,29)/b19-14+. The van der Waals surface area contributed by atoms with Crippen LogP contribution in [0.25, 0.3) is 6.08 Å². The van der Waals surface area contributed by atoms with Gasteiger partial charge in [-0.3, -0.25) is 4.79 Å². The van der Waals surface area contributed by atoms with Gasteiger partial charge >= 0.3 is 5.97 Å². The molecule has 0 heterocycles. The van der Waals surface area contributed by atoms with E-state index in [2.05, 4.69) is 5.32 Å². The number of ether oxygens (including phenoxy) is 1. The minimum atomic E-state index is -1.17. The van der Waals surface area contributed by atoms with E-state index in [1.165, 1.54) is 18.2 Å². The van der Waals surface area contributed by atoms with Crippen LogP contribution in [0, 0.1) is 11.3 Å². The molecule has 3 rings (SSSR count). The Morgan fingerprint density at radius 3 is 2.37 bits per heavy atom. The first-order chi connectivity index (χ1) is 14.6. The van der Waals surface area contributed by atoms with E-state index in [-0.39, 0.29) is 16.8 Å². The molecule has 0 aliphatic carbocycles. The molecule has 3 aromatic rings. The van der Waals surface area contributed by atoms with Gasteiger partial charge in [0.15, 0.2) is 0 Å². The third-order valence-corrected chi connectivity index (χ3v) is 4.23. The number of anilines is 1. The lowest BCUT2D eigenvalue weighted by atomic mass is 10.1. The summed E-state index contributed by atoms with van der Waals surface area (Å²) in [7, 11) is 0. The van der Waals surface area contributed by atoms with Gasteiger partial charge in [-0.1, -0.05) is 60.7 Å². The lowest BCUT2D eigenvalue weighted by molar-refractivity contribution is -0.112. The van der Waals surface area contributed by atoms with E-state index >= 15 is 0 Å². The van der Waals surface area contributed by atoms with Crippen LogP contribution >= 0.6 is 0 Å². The number of nitrogens with zero attached hydrogens (tertiary/aromatic N) is 1. The molecule has 0 spiro atoms. The highest BCUT2D eigenvalue weighted by atomic mass is 16.5. The highest BCUT2D eigenvalue weighted by Crippen LogP contribution is 2.23. The van der Waals surface area contributed by atoms with E-state index in [0.29, 0.717) is 17.9 Å². The molecule has 0 aromatic heterocycles. The summed E-state index contributed by atoms with van der Waals surface area (Å²) < 4.78 is 5.85. The van der Waals surface area contributed by atoms with Crippen molar-refractivity contribution < 1.29 is 19.4 Å². The summed E-state index contributed by atoms with van der Waals surface area (Å²) in [5, 5.41) is 21.2. The van der Waals surface area contributed by atoms with Crippen molar-refractivity contribution in [3.63, 3.8) is 0 Å². The summed E-state index contributed by atoms with van der Waals surface area (Å²) in [5.74, 6) is -1.36. The van der Waals surface area contributed by atoms with Crippen LogP contribution in [0.2, 0.25) is 0 Å². The summed E-state index contributed by atoms with van der Waals surface area (Å²) in [5.41, 5.74) is 1.43. The second kappa shape index (κ2) is 9.71. The predicted octanol–water partition coefficient (Wildman–Crippen LogP) is 4.51. The van der Waals surface area contributed by atoms with E-state index in [9.17, 15) is 20.0 Å². The summed E-state index contributed by atoms with van der Waals surface area (Å²) in [4.78, 5) is 23.9. The van der Waals surface area contributed by atoms with Crippen LogP contribution < -0.4 is 10.1 Å². The van der Waals surface area contributed by atoms with E-state index in [1.807, 2.05) is 36.4 Å². The van der Waals surface area contributed by atoms with Crippen molar-refractivity contribution >= 4 is 23.6 Å². The van der Waals surface area contributed by atoms with Gasteiger partial charge in [-0.2, -0.15) is 5.26 Å². The smallest absolute Gasteiger partial charge is 0.337 e. The quantitative estimate of drug-likeness (QED) is 0.451. The molecular weight excluding hydrogens is 380 g/mol. The van der Waals surface area contributed by atoms with Gasteiger partial charge in [-0.25, -0.2) is 4.79 Å². The zero-order valence-electron chi connectivity index (χ0n) is 15.9. The van der Waals surface area contributed by atoms with Crippen LogP contribution in [0.4, 0.5) is 5.69 Å². The van der Waals surface area contributed by atoms with E-state index in [1.54, 1.807) is 36.4 Å². The number of aromatic carboxylic acids is 1. The molecule has 0 radical (unpaired) electrons. The SMILES string of the molecule is N#C/C(=C\c1ccccc1OCc1ccccc1)C(=O)Nc1ccccc1C(=O)O. The number of hydrogen-bond acceptors (Lipinski definition) is 4. The molecule has 2 N–H and O–H groups in total. The number of para-hydroxylation sites is 2. The Labute approximate surface area is 173 Å². The topological polar surface area (TPSA) is 99.4 Å². The molecule has 30 heavy (non-hydrogen) atoms. The molecule has 0 saturated heterocycles. The highest BCUT2D eigenvalue weighted by Gasteiger charge is 2.15. The van der Waals surface area contributed by atoms with Gasteiger partial charge in [0.05, 0.1) is 11.3 Å². The zero-order chi connectivity index (χ0) is 21.3. The first kappa shape index (κ1) is 20.4. The molecule has 0 fully saturated rings. The molecule has 3 aromatic carbocycles. The Bertz CT molecular complexity index is 1130. The first-order valence-electron chi connectivity index (χ1n) is 9.09. The number of carbonyl (C=O) groups excluding carboxylic acids is 1. The maximum Gasteiger partial charge on any atom is 0.337 e. The summed E-state index contributed by atoms with van der Waals surface area (Å²) in [6.07, 6.45) is 1.42. The average Bonchev–Trinajstić information content (AvgIpc) is 2.77. The molecule has 1 amide bonds. The minimum Gasteiger partial charge on any atom is -0.488 e. The fourth-order valence-corrected chi connectivity index (χ4v) is 2.74. The molecule has 0 saturated carbocycles. The van der Waals surface area contributed by atoms with Crippen LogP contribution in [0.1, 0.15) is 21.5 Å². The number of carbonyl (C=O) groups is 2. The van der Waals surface area contributed by atoms with Gasteiger partial charge in [-0.15, -0.1) is 0 Å². The molecule has 6 heteroatoms. The Morgan fingerprint density at radius 1 is 0.967 bits per heavy atom. The Morgan fingerprint density at radius 2 is 1.63 bits per heavy atom. The monoisotopic (exact) mass is 398 g/mol. The first-order valence-corrected chi connectivity index (χ1v) is 9.09. The molecule has 0 unspecified atom stereocenters. The summed E-state index contributed by atoms with van der Waals surface area (Å²) in [6.45, 7) is 0.339. The van der Waals surface area contributed by atoms with Gasteiger partial charge in [0.25, 0.3) is 5.91 Å². The molecule has 0 bridgehead atoms. The van der Waals surface area contributed by atoms with Crippen molar-refractivity contribution in [1.82, 2.24) is 0 Å². The Balaban J connectivity index is 1.82. The normalized spacial score (nSPS) is 10.7. The van der Waals surface area contributed by atoms with Crippen molar-refractivity contribution in [2.45, 2.75) is 6.61 Å². The number of amides is 1. The fraction of sp³-hybridized carbons (Fsp3) is 0.0417. The number of carboxylic acids is 1. The summed E-state index contributed by atoms with van der Waals surface area (Å²) >= 11 is 0. The average molecular weight is 398 g/mol. The molecule has 148 valence electrons. The molecule has 0 aliphatic heterocycles. The number of carboxylic acid groups (broad SMARTS) is 1. The van der Waals surface area contributed by atoms with Crippen molar-refractivity contribution in [2.24, 2.45) is 0 Å². The van der Waals surface area contributed by atoms with Crippen LogP contribution in [0.15, 0.2) is 84.4 Å². The Hall–Kier alpha value is -4.37. The number of benzene rings is 3. The van der Waals surface area contributed by atoms with Crippen molar-refractivity contribution in [3.05, 3.63) is 101 Å². The second-order valence-corrected chi connectivity index (χ2v) is 6.29. The Kier molecular flexibility index (Phi) is 6.59. The molecular formula is C24H18N2O4. The third kappa shape index (κ3) is 5.12. The number of nitriles is 1. The van der Waals surface area contributed by atoms with Gasteiger partial charge in [-0.05, 0) is 29.8 Å². The largest absolute Gasteiger partial charge is 0.488 e. The molecule has 0 aliphatic rings. The van der Waals surface area contributed by atoms with Gasteiger partial charge in [0.1, 0.15) is 24.0 Å². The van der Waals surface area contributed by atoms with Crippen molar-refractivity contribution in [2.75, 3.05) is 5.32 Å². The number of rotatable bonds is 7. The van der Waals surface area contributed by atoms with Crippen molar-refractivity contribution in [1.29, 1.82) is 5.26 Å². The highest BCUT2D eigenvalue weighted by molar-refractivity contribution is 6.11. The number of hydrogen-bond donors (Lipinski definition) is 2. The molecule has 0 atom stereocenters.